The maximum absolute atomic E-state index is 12.9. The number of ether oxygens (including phenoxy) is 2. The molecule has 154 valence electrons. The number of fused-ring (bicyclic) bond motifs is 1. The molecule has 0 N–H and O–H groups in total. The lowest BCUT2D eigenvalue weighted by molar-refractivity contribution is -0.185. The summed E-state index contributed by atoms with van der Waals surface area (Å²) < 4.78 is 52.6. The van der Waals surface area contributed by atoms with Gasteiger partial charge in [-0.2, -0.15) is 13.2 Å². The van der Waals surface area contributed by atoms with Crippen molar-refractivity contribution in [3.63, 3.8) is 0 Å². The number of imidazole rings is 1. The normalized spacial score (nSPS) is 24.6. The van der Waals surface area contributed by atoms with Crippen LogP contribution < -0.4 is 10.3 Å². The Labute approximate surface area is 159 Å². The lowest BCUT2D eigenvalue weighted by Gasteiger charge is -2.30. The highest BCUT2D eigenvalue weighted by molar-refractivity contribution is 5.43. The maximum atomic E-state index is 12.9. The molecule has 1 saturated carbocycles. The summed E-state index contributed by atoms with van der Waals surface area (Å²) in [5, 5.41) is 4.46. The van der Waals surface area contributed by atoms with Gasteiger partial charge in [0.1, 0.15) is 11.9 Å². The first-order chi connectivity index (χ1) is 13.3. The number of hydrogen-bond donors (Lipinski definition) is 0. The van der Waals surface area contributed by atoms with E-state index in [0.29, 0.717) is 24.6 Å². The molecule has 7 nitrogen and oxygen atoms in total. The van der Waals surface area contributed by atoms with E-state index >= 15 is 0 Å². The molecule has 0 radical (unpaired) electrons. The van der Waals surface area contributed by atoms with Crippen molar-refractivity contribution in [3.05, 3.63) is 22.4 Å². The molecule has 1 saturated heterocycles. The first kappa shape index (κ1) is 19.2. The first-order valence-corrected chi connectivity index (χ1v) is 9.60. The second-order valence-electron chi connectivity index (χ2n) is 7.58. The van der Waals surface area contributed by atoms with Crippen LogP contribution in [-0.4, -0.2) is 44.7 Å². The predicted octanol–water partition coefficient (Wildman–Crippen LogP) is 2.82. The lowest BCUT2D eigenvalue weighted by atomic mass is 9.87. The Morgan fingerprint density at radius 3 is 2.46 bits per heavy atom. The summed E-state index contributed by atoms with van der Waals surface area (Å²) in [5.74, 6) is -0.437. The molecule has 1 aliphatic carbocycles. The molecule has 2 aromatic heterocycles. The number of nitrogens with zero attached hydrogens (tertiary/aromatic N) is 4. The zero-order chi connectivity index (χ0) is 19.9. The van der Waals surface area contributed by atoms with Crippen LogP contribution >= 0.6 is 0 Å². The number of rotatable bonds is 3. The minimum atomic E-state index is -4.16. The van der Waals surface area contributed by atoms with Gasteiger partial charge in [0.05, 0.1) is 12.1 Å². The lowest BCUT2D eigenvalue weighted by Crippen LogP contribution is -2.33. The van der Waals surface area contributed by atoms with E-state index < -0.39 is 12.1 Å². The molecule has 1 aliphatic heterocycles. The Bertz CT molecular complexity index is 894. The average Bonchev–Trinajstić information content (AvgIpc) is 3.10. The highest BCUT2D eigenvalue weighted by Crippen LogP contribution is 2.38. The van der Waals surface area contributed by atoms with Crippen LogP contribution in [0, 0.1) is 5.92 Å². The zero-order valence-corrected chi connectivity index (χ0v) is 15.6. The summed E-state index contributed by atoms with van der Waals surface area (Å²) >= 11 is 0. The van der Waals surface area contributed by atoms with Gasteiger partial charge in [-0.05, 0) is 38.5 Å². The molecule has 0 bridgehead atoms. The largest absolute Gasteiger partial charge is 0.460 e. The topological polar surface area (TPSA) is 70.7 Å². The van der Waals surface area contributed by atoms with Crippen molar-refractivity contribution < 1.29 is 22.6 Å². The summed E-state index contributed by atoms with van der Waals surface area (Å²) in [6.45, 7) is 1.27. The Hall–Kier alpha value is -2.10. The molecule has 2 aliphatic rings. The van der Waals surface area contributed by atoms with Crippen molar-refractivity contribution in [2.24, 2.45) is 13.0 Å². The van der Waals surface area contributed by atoms with E-state index in [0.717, 1.165) is 12.8 Å². The maximum Gasteiger partial charge on any atom is 0.391 e. The van der Waals surface area contributed by atoms with E-state index in [-0.39, 0.29) is 49.3 Å². The van der Waals surface area contributed by atoms with Crippen LogP contribution in [0.15, 0.2) is 11.0 Å². The van der Waals surface area contributed by atoms with Crippen molar-refractivity contribution >= 4 is 5.52 Å². The third kappa shape index (κ3) is 3.61. The molecule has 2 fully saturated rings. The number of halogens is 3. The quantitative estimate of drug-likeness (QED) is 0.793. The van der Waals surface area contributed by atoms with Crippen molar-refractivity contribution in [1.29, 1.82) is 0 Å². The Morgan fingerprint density at radius 2 is 1.82 bits per heavy atom. The van der Waals surface area contributed by atoms with Gasteiger partial charge in [0.2, 0.25) is 0 Å². The monoisotopic (exact) mass is 400 g/mol. The number of hydrogen-bond acceptors (Lipinski definition) is 5. The second kappa shape index (κ2) is 7.38. The fourth-order valence-corrected chi connectivity index (χ4v) is 4.02. The predicted molar refractivity (Wildman–Crippen MR) is 93.5 cm³/mol. The minimum Gasteiger partial charge on any atom is -0.460 e. The van der Waals surface area contributed by atoms with E-state index in [9.17, 15) is 18.0 Å². The standard InChI is InChI=1S/C18H23F3N4O3/c1-24-16(26)14-10-22-15(11-6-8-27-9-7-11)25(14)23-17(24)28-13-4-2-12(3-5-13)18(19,20)21/h10-13H,2-9H2,1H3. The summed E-state index contributed by atoms with van der Waals surface area (Å²) in [4.78, 5) is 17.1. The van der Waals surface area contributed by atoms with E-state index in [1.807, 2.05) is 0 Å². The fraction of sp³-hybridized carbons (Fsp3) is 0.722. The molecule has 0 atom stereocenters. The molecular weight excluding hydrogens is 377 g/mol. The van der Waals surface area contributed by atoms with Crippen LogP contribution in [0.5, 0.6) is 6.01 Å². The molecule has 0 unspecified atom stereocenters. The Kier molecular flexibility index (Phi) is 5.07. The SMILES string of the molecule is Cn1c(OC2CCC(C(F)(F)F)CC2)nn2c(C3CCOCC3)ncc2c1=O. The highest BCUT2D eigenvalue weighted by Gasteiger charge is 2.42. The van der Waals surface area contributed by atoms with Gasteiger partial charge in [0.25, 0.3) is 5.56 Å². The van der Waals surface area contributed by atoms with Gasteiger partial charge in [0.15, 0.2) is 5.52 Å². The van der Waals surface area contributed by atoms with Gasteiger partial charge in [-0.1, -0.05) is 0 Å². The van der Waals surface area contributed by atoms with Crippen molar-refractivity contribution in [2.75, 3.05) is 13.2 Å². The molecule has 3 heterocycles. The molecule has 28 heavy (non-hydrogen) atoms. The van der Waals surface area contributed by atoms with Crippen LogP contribution in [0.3, 0.4) is 0 Å². The molecule has 4 rings (SSSR count). The fourth-order valence-electron chi connectivity index (χ4n) is 4.02. The van der Waals surface area contributed by atoms with Crippen molar-refractivity contribution in [2.45, 2.75) is 56.7 Å². The first-order valence-electron chi connectivity index (χ1n) is 9.60. The summed E-state index contributed by atoms with van der Waals surface area (Å²) in [5.41, 5.74) is 0.0666. The smallest absolute Gasteiger partial charge is 0.391 e. The number of alkyl halides is 3. The van der Waals surface area contributed by atoms with E-state index in [1.54, 1.807) is 7.05 Å². The van der Waals surface area contributed by atoms with Gasteiger partial charge in [-0.25, -0.2) is 9.50 Å². The van der Waals surface area contributed by atoms with E-state index in [1.165, 1.54) is 15.3 Å². The molecule has 0 amide bonds. The molecule has 0 spiro atoms. The summed E-state index contributed by atoms with van der Waals surface area (Å²) in [7, 11) is 1.55. The van der Waals surface area contributed by atoms with Crippen LogP contribution in [-0.2, 0) is 11.8 Å². The van der Waals surface area contributed by atoms with Crippen LogP contribution in [0.4, 0.5) is 13.2 Å². The molecule has 0 aromatic carbocycles. The summed E-state index contributed by atoms with van der Waals surface area (Å²) in [6.07, 6.45) is -0.802. The Balaban J connectivity index is 1.57. The highest BCUT2D eigenvalue weighted by atomic mass is 19.4. The third-order valence-corrected chi connectivity index (χ3v) is 5.76. The van der Waals surface area contributed by atoms with Crippen molar-refractivity contribution in [3.8, 4) is 6.01 Å². The Morgan fingerprint density at radius 1 is 1.14 bits per heavy atom. The average molecular weight is 400 g/mol. The molecular formula is C18H23F3N4O3. The van der Waals surface area contributed by atoms with Gasteiger partial charge in [-0.3, -0.25) is 9.36 Å². The molecule has 10 heteroatoms. The zero-order valence-electron chi connectivity index (χ0n) is 15.6. The number of aromatic nitrogens is 4. The van der Waals surface area contributed by atoms with Gasteiger partial charge < -0.3 is 9.47 Å². The van der Waals surface area contributed by atoms with E-state index in [4.69, 9.17) is 9.47 Å². The second-order valence-corrected chi connectivity index (χ2v) is 7.58. The van der Waals surface area contributed by atoms with Crippen LogP contribution in [0.1, 0.15) is 50.3 Å². The minimum absolute atomic E-state index is 0.0305. The van der Waals surface area contributed by atoms with Gasteiger partial charge in [0, 0.05) is 26.2 Å². The molecule has 2 aromatic rings. The van der Waals surface area contributed by atoms with Gasteiger partial charge >= 0.3 is 12.2 Å². The summed E-state index contributed by atoms with van der Waals surface area (Å²) in [6, 6.07) is 0.110. The van der Waals surface area contributed by atoms with Crippen molar-refractivity contribution in [1.82, 2.24) is 19.2 Å². The van der Waals surface area contributed by atoms with Gasteiger partial charge in [-0.15, -0.1) is 5.10 Å². The van der Waals surface area contributed by atoms with Crippen LogP contribution in [0.25, 0.3) is 5.52 Å². The third-order valence-electron chi connectivity index (χ3n) is 5.76. The van der Waals surface area contributed by atoms with E-state index in [2.05, 4.69) is 10.1 Å². The van der Waals surface area contributed by atoms with Crippen LogP contribution in [0.2, 0.25) is 0 Å².